The van der Waals surface area contributed by atoms with Crippen LogP contribution in [0, 0.1) is 13.8 Å². The van der Waals surface area contributed by atoms with E-state index in [0.29, 0.717) is 20.9 Å². The number of nitrogens with zero attached hydrogens (tertiary/aromatic N) is 2. The van der Waals surface area contributed by atoms with E-state index in [1.807, 2.05) is 13.8 Å². The molecule has 8 nitrogen and oxygen atoms in total. The van der Waals surface area contributed by atoms with Crippen LogP contribution in [0.3, 0.4) is 0 Å². The number of esters is 2. The minimum Gasteiger partial charge on any atom is -0.465 e. The largest absolute Gasteiger partial charge is 0.465 e. The lowest BCUT2D eigenvalue weighted by atomic mass is 10.1. The van der Waals surface area contributed by atoms with Gasteiger partial charge in [-0.3, -0.25) is 9.36 Å². The number of ether oxygens (including phenoxy) is 2. The third-order valence-corrected chi connectivity index (χ3v) is 7.85. The van der Waals surface area contributed by atoms with Gasteiger partial charge in [-0.2, -0.15) is 0 Å². The van der Waals surface area contributed by atoms with Gasteiger partial charge in [0, 0.05) is 22.7 Å². The minimum absolute atomic E-state index is 0.127. The fourth-order valence-corrected chi connectivity index (χ4v) is 6.24. The molecule has 0 amide bonds. The van der Waals surface area contributed by atoms with E-state index in [1.165, 1.54) is 41.9 Å². The quantitative estimate of drug-likeness (QED) is 0.236. The number of methoxy groups -OCH3 is 2. The van der Waals surface area contributed by atoms with Gasteiger partial charge < -0.3 is 15.2 Å². The summed E-state index contributed by atoms with van der Waals surface area (Å²) in [5.74, 6) is -1.07. The normalized spacial score (nSPS) is 11.0. The van der Waals surface area contributed by atoms with Crippen LogP contribution in [-0.4, -0.2) is 35.7 Å². The van der Waals surface area contributed by atoms with Crippen molar-refractivity contribution in [2.75, 3.05) is 20.0 Å². The number of fused-ring (bicyclic) bond motifs is 1. The maximum atomic E-state index is 13.1. The number of hydrogen-bond donors (Lipinski definition) is 1. The first-order valence-electron chi connectivity index (χ1n) is 9.07. The zero-order valence-corrected chi connectivity index (χ0v) is 19.9. The van der Waals surface area contributed by atoms with E-state index in [9.17, 15) is 14.4 Å². The number of nitrogens with two attached hydrogens (primary N) is 1. The SMILES string of the molecule is C=CCn1c(SCc2c(C(=O)OC)sc(N)c2C(=O)OC)nc2sc(C)c(C)c2c1=O. The number of aryl methyl sites for hydroxylation is 2. The Morgan fingerprint density at radius 2 is 1.90 bits per heavy atom. The van der Waals surface area contributed by atoms with Crippen molar-refractivity contribution in [2.24, 2.45) is 0 Å². The molecule has 0 spiro atoms. The fourth-order valence-electron chi connectivity index (χ4n) is 3.05. The highest BCUT2D eigenvalue weighted by Gasteiger charge is 2.28. The molecule has 31 heavy (non-hydrogen) atoms. The first-order chi connectivity index (χ1) is 14.7. The molecule has 0 saturated heterocycles. The minimum atomic E-state index is -0.643. The van der Waals surface area contributed by atoms with Crippen LogP contribution in [0.15, 0.2) is 22.6 Å². The molecule has 2 N–H and O–H groups in total. The summed E-state index contributed by atoms with van der Waals surface area (Å²) in [6, 6.07) is 0. The Morgan fingerprint density at radius 1 is 1.23 bits per heavy atom. The van der Waals surface area contributed by atoms with Crippen molar-refractivity contribution < 1.29 is 19.1 Å². The number of allylic oxidation sites excluding steroid dienone is 1. The van der Waals surface area contributed by atoms with E-state index in [-0.39, 0.29) is 33.3 Å². The second kappa shape index (κ2) is 9.25. The van der Waals surface area contributed by atoms with Gasteiger partial charge in [-0.1, -0.05) is 17.8 Å². The summed E-state index contributed by atoms with van der Waals surface area (Å²) in [5.41, 5.74) is 7.28. The van der Waals surface area contributed by atoms with Crippen LogP contribution >= 0.6 is 34.4 Å². The topological polar surface area (TPSA) is 114 Å². The molecule has 3 aromatic heterocycles. The fraction of sp³-hybridized carbons (Fsp3) is 0.300. The van der Waals surface area contributed by atoms with Crippen LogP contribution in [0.5, 0.6) is 0 Å². The standard InChI is InChI=1S/C20H21N3O5S3/c1-6-7-23-17(24)12-9(2)10(3)30-16(12)22-20(23)29-8-11-13(18(25)27-4)15(21)31-14(11)19(26)28-5/h6H,1,7-8,21H2,2-5H3. The second-order valence-corrected chi connectivity index (χ2v) is 9.68. The summed E-state index contributed by atoms with van der Waals surface area (Å²) >= 11 is 3.65. The third kappa shape index (κ3) is 4.12. The van der Waals surface area contributed by atoms with Crippen molar-refractivity contribution in [3.63, 3.8) is 0 Å². The Labute approximate surface area is 190 Å². The lowest BCUT2D eigenvalue weighted by Crippen LogP contribution is -2.22. The van der Waals surface area contributed by atoms with Crippen molar-refractivity contribution in [1.29, 1.82) is 0 Å². The number of thioether (sulfide) groups is 1. The number of thiophene rings is 2. The predicted molar refractivity (Wildman–Crippen MR) is 125 cm³/mol. The molecule has 0 aromatic carbocycles. The summed E-state index contributed by atoms with van der Waals surface area (Å²) in [7, 11) is 2.50. The number of anilines is 1. The molecule has 0 aliphatic heterocycles. The number of rotatable bonds is 7. The first-order valence-corrected chi connectivity index (χ1v) is 11.7. The molecule has 0 atom stereocenters. The Balaban J connectivity index is 2.11. The van der Waals surface area contributed by atoms with Gasteiger partial charge in [-0.25, -0.2) is 14.6 Å². The Hall–Kier alpha value is -2.63. The van der Waals surface area contributed by atoms with Crippen LogP contribution in [0.25, 0.3) is 10.2 Å². The molecule has 0 aliphatic carbocycles. The van der Waals surface area contributed by atoms with Crippen LogP contribution in [0.2, 0.25) is 0 Å². The van der Waals surface area contributed by atoms with Gasteiger partial charge in [0.1, 0.15) is 14.7 Å². The average molecular weight is 480 g/mol. The maximum Gasteiger partial charge on any atom is 0.348 e. The van der Waals surface area contributed by atoms with E-state index in [0.717, 1.165) is 21.8 Å². The molecular weight excluding hydrogens is 458 g/mol. The van der Waals surface area contributed by atoms with Gasteiger partial charge in [0.25, 0.3) is 5.56 Å². The van der Waals surface area contributed by atoms with Gasteiger partial charge in [0.2, 0.25) is 0 Å². The van der Waals surface area contributed by atoms with Crippen LogP contribution < -0.4 is 11.3 Å². The van der Waals surface area contributed by atoms with Crippen LogP contribution in [-0.2, 0) is 21.8 Å². The molecule has 3 aromatic rings. The van der Waals surface area contributed by atoms with E-state index in [1.54, 1.807) is 6.08 Å². The van der Waals surface area contributed by atoms with E-state index in [2.05, 4.69) is 11.6 Å². The average Bonchev–Trinajstić information content (AvgIpc) is 3.23. The Bertz CT molecular complexity index is 1260. The summed E-state index contributed by atoms with van der Waals surface area (Å²) in [5, 5.41) is 1.22. The van der Waals surface area contributed by atoms with Gasteiger partial charge in [0.05, 0.1) is 25.2 Å². The lowest BCUT2D eigenvalue weighted by molar-refractivity contribution is 0.0601. The molecule has 0 saturated carbocycles. The summed E-state index contributed by atoms with van der Waals surface area (Å²) in [6.45, 7) is 7.86. The molecule has 164 valence electrons. The Kier molecular flexibility index (Phi) is 6.87. The predicted octanol–water partition coefficient (Wildman–Crippen LogP) is 3.77. The van der Waals surface area contributed by atoms with Crippen molar-refractivity contribution in [3.8, 4) is 0 Å². The molecule has 3 heterocycles. The zero-order chi connectivity index (χ0) is 22.9. The number of nitrogen functional groups attached to an aromatic ring is 1. The third-order valence-electron chi connectivity index (χ3n) is 4.71. The smallest absolute Gasteiger partial charge is 0.348 e. The van der Waals surface area contributed by atoms with Gasteiger partial charge in [-0.15, -0.1) is 29.3 Å². The second-order valence-electron chi connectivity index (χ2n) is 6.48. The molecule has 0 radical (unpaired) electrons. The van der Waals surface area contributed by atoms with Crippen molar-refractivity contribution in [2.45, 2.75) is 31.3 Å². The van der Waals surface area contributed by atoms with Gasteiger partial charge in [0.15, 0.2) is 5.16 Å². The number of carbonyl (C=O) groups excluding carboxylic acids is 2. The van der Waals surface area contributed by atoms with Gasteiger partial charge in [-0.05, 0) is 19.4 Å². The summed E-state index contributed by atoms with van der Waals surface area (Å²) < 4.78 is 11.2. The molecule has 0 aliphatic rings. The first kappa shape index (κ1) is 23.0. The zero-order valence-electron chi connectivity index (χ0n) is 17.4. The molecule has 3 rings (SSSR count). The van der Waals surface area contributed by atoms with Crippen LogP contribution in [0.1, 0.15) is 36.0 Å². The summed E-state index contributed by atoms with van der Waals surface area (Å²) in [4.78, 5) is 44.2. The molecule has 0 unspecified atom stereocenters. The van der Waals surface area contributed by atoms with E-state index < -0.39 is 11.9 Å². The van der Waals surface area contributed by atoms with Crippen molar-refractivity contribution in [3.05, 3.63) is 49.5 Å². The Morgan fingerprint density at radius 3 is 2.52 bits per heavy atom. The number of carbonyl (C=O) groups is 2. The number of hydrogen-bond acceptors (Lipinski definition) is 10. The van der Waals surface area contributed by atoms with E-state index in [4.69, 9.17) is 15.2 Å². The highest BCUT2D eigenvalue weighted by atomic mass is 32.2. The molecule has 0 fully saturated rings. The van der Waals surface area contributed by atoms with E-state index >= 15 is 0 Å². The van der Waals surface area contributed by atoms with Crippen LogP contribution in [0.4, 0.5) is 5.00 Å². The summed E-state index contributed by atoms with van der Waals surface area (Å²) in [6.07, 6.45) is 1.62. The van der Waals surface area contributed by atoms with Crippen molar-refractivity contribution in [1.82, 2.24) is 9.55 Å². The maximum absolute atomic E-state index is 13.1. The number of aromatic nitrogens is 2. The molecule has 11 heteroatoms. The van der Waals surface area contributed by atoms with Gasteiger partial charge >= 0.3 is 11.9 Å². The van der Waals surface area contributed by atoms with Crippen molar-refractivity contribution >= 4 is 61.6 Å². The molecular formula is C20H21N3O5S3. The highest BCUT2D eigenvalue weighted by Crippen LogP contribution is 2.37. The highest BCUT2D eigenvalue weighted by molar-refractivity contribution is 7.98. The lowest BCUT2D eigenvalue weighted by Gasteiger charge is -2.11. The monoisotopic (exact) mass is 479 g/mol. The molecule has 0 bridgehead atoms.